The van der Waals surface area contributed by atoms with Crippen molar-refractivity contribution >= 4 is 17.8 Å². The Labute approximate surface area is 178 Å². The largest absolute Gasteiger partial charge is 0.444 e. The first-order valence-corrected chi connectivity index (χ1v) is 10.4. The van der Waals surface area contributed by atoms with Crippen LogP contribution in [0.4, 0.5) is 15.3 Å². The monoisotopic (exact) mass is 412 g/mol. The fourth-order valence-corrected chi connectivity index (χ4v) is 3.65. The molecule has 1 aromatic heterocycles. The molecule has 7 heteroatoms. The van der Waals surface area contributed by atoms with E-state index in [1.54, 1.807) is 11.9 Å². The minimum Gasteiger partial charge on any atom is -0.444 e. The van der Waals surface area contributed by atoms with Gasteiger partial charge < -0.3 is 24.4 Å². The maximum Gasteiger partial charge on any atom is 0.410 e. The number of urea groups is 1. The van der Waals surface area contributed by atoms with E-state index in [2.05, 4.69) is 5.32 Å². The lowest BCUT2D eigenvalue weighted by atomic mass is 9.98. The molecule has 30 heavy (non-hydrogen) atoms. The molecule has 0 aliphatic carbocycles. The normalized spacial score (nSPS) is 16.8. The fourth-order valence-electron chi connectivity index (χ4n) is 3.65. The van der Waals surface area contributed by atoms with E-state index in [0.29, 0.717) is 13.1 Å². The summed E-state index contributed by atoms with van der Waals surface area (Å²) in [4.78, 5) is 28.5. The molecule has 1 N–H and O–H groups in total. The summed E-state index contributed by atoms with van der Waals surface area (Å²) < 4.78 is 7.43. The number of benzene rings is 1. The molecule has 0 saturated carbocycles. The van der Waals surface area contributed by atoms with Crippen LogP contribution in [-0.4, -0.2) is 58.8 Å². The Kier molecular flexibility index (Phi) is 6.70. The number of ether oxygens (including phenoxy) is 1. The third-order valence-corrected chi connectivity index (χ3v) is 5.04. The van der Waals surface area contributed by atoms with Gasteiger partial charge in [-0.05, 0) is 69.9 Å². The first-order valence-electron chi connectivity index (χ1n) is 10.4. The molecular formula is C23H32N4O3. The third-order valence-electron chi connectivity index (χ3n) is 5.04. The van der Waals surface area contributed by atoms with Gasteiger partial charge in [0.25, 0.3) is 0 Å². The zero-order valence-electron chi connectivity index (χ0n) is 18.3. The van der Waals surface area contributed by atoms with Crippen molar-refractivity contribution in [1.29, 1.82) is 0 Å². The van der Waals surface area contributed by atoms with Crippen LogP contribution in [0.15, 0.2) is 48.8 Å². The lowest BCUT2D eigenvalue weighted by Gasteiger charge is -2.35. The summed E-state index contributed by atoms with van der Waals surface area (Å²) in [7, 11) is 1.75. The third kappa shape index (κ3) is 6.02. The molecule has 1 aliphatic rings. The molecule has 1 aromatic carbocycles. The number of carbonyl (C=O) groups excluding carboxylic acids is 2. The number of hydrogen-bond donors (Lipinski definition) is 1. The number of hydrogen-bond acceptors (Lipinski definition) is 3. The highest BCUT2D eigenvalue weighted by Gasteiger charge is 2.27. The molecule has 1 aliphatic heterocycles. The second kappa shape index (κ2) is 9.24. The number of anilines is 1. The van der Waals surface area contributed by atoms with Crippen molar-refractivity contribution in [2.24, 2.45) is 5.92 Å². The van der Waals surface area contributed by atoms with Crippen molar-refractivity contribution in [2.75, 3.05) is 32.0 Å². The highest BCUT2D eigenvalue weighted by Crippen LogP contribution is 2.21. The number of nitrogens with one attached hydrogen (secondary N) is 1. The molecule has 1 saturated heterocycles. The number of piperidine rings is 1. The number of amides is 3. The minimum absolute atomic E-state index is 0.107. The highest BCUT2D eigenvalue weighted by atomic mass is 16.6. The van der Waals surface area contributed by atoms with Crippen LogP contribution in [0.2, 0.25) is 0 Å². The Hall–Kier alpha value is -2.96. The van der Waals surface area contributed by atoms with Gasteiger partial charge in [-0.1, -0.05) is 6.07 Å². The van der Waals surface area contributed by atoms with Crippen LogP contribution in [-0.2, 0) is 4.74 Å². The van der Waals surface area contributed by atoms with Crippen molar-refractivity contribution in [3.63, 3.8) is 0 Å². The minimum atomic E-state index is -0.515. The highest BCUT2D eigenvalue weighted by molar-refractivity contribution is 5.89. The van der Waals surface area contributed by atoms with E-state index >= 15 is 0 Å². The van der Waals surface area contributed by atoms with E-state index in [4.69, 9.17) is 4.74 Å². The number of aromatic nitrogens is 1. The molecule has 1 fully saturated rings. The topological polar surface area (TPSA) is 66.8 Å². The summed E-state index contributed by atoms with van der Waals surface area (Å²) >= 11 is 0. The standard InChI is InChI=1S/C23H32N4O3/c1-23(2,3)30-22(29)25(4)16-18-9-8-14-27(17-18)21(28)24-19-10-7-11-20(15-19)26-12-5-6-13-26/h5-7,10-13,15,18H,8-9,14,16-17H2,1-4H3,(H,24,28). The molecule has 3 amide bonds. The molecule has 0 bridgehead atoms. The van der Waals surface area contributed by atoms with Gasteiger partial charge in [0.1, 0.15) is 5.60 Å². The number of likely N-dealkylation sites (tertiary alicyclic amines) is 1. The zero-order valence-corrected chi connectivity index (χ0v) is 18.3. The maximum absolute atomic E-state index is 12.8. The molecule has 7 nitrogen and oxygen atoms in total. The average molecular weight is 413 g/mol. The lowest BCUT2D eigenvalue weighted by molar-refractivity contribution is 0.0253. The van der Waals surface area contributed by atoms with Crippen LogP contribution in [0.5, 0.6) is 0 Å². The summed E-state index contributed by atoms with van der Waals surface area (Å²) in [6.45, 7) is 7.48. The van der Waals surface area contributed by atoms with Crippen LogP contribution in [0.3, 0.4) is 0 Å². The van der Waals surface area contributed by atoms with Crippen LogP contribution in [0.1, 0.15) is 33.6 Å². The Balaban J connectivity index is 1.56. The Morgan fingerprint density at radius 2 is 1.93 bits per heavy atom. The van der Waals surface area contributed by atoms with Crippen LogP contribution in [0, 0.1) is 5.92 Å². The summed E-state index contributed by atoms with van der Waals surface area (Å²) in [5, 5.41) is 3.01. The second-order valence-corrected chi connectivity index (χ2v) is 8.89. The summed E-state index contributed by atoms with van der Waals surface area (Å²) in [6, 6.07) is 11.6. The molecule has 2 aromatic rings. The SMILES string of the molecule is CN(CC1CCCN(C(=O)Nc2cccc(-n3cccc3)c2)C1)C(=O)OC(C)(C)C. The molecule has 2 heterocycles. The first-order chi connectivity index (χ1) is 14.2. The van der Waals surface area contributed by atoms with Gasteiger partial charge in [-0.15, -0.1) is 0 Å². The van der Waals surface area contributed by atoms with Crippen LogP contribution in [0.25, 0.3) is 5.69 Å². The Morgan fingerprint density at radius 1 is 1.20 bits per heavy atom. The van der Waals surface area contributed by atoms with Crippen molar-refractivity contribution in [3.8, 4) is 5.69 Å². The van der Waals surface area contributed by atoms with E-state index in [9.17, 15) is 9.59 Å². The van der Waals surface area contributed by atoms with E-state index in [-0.39, 0.29) is 18.0 Å². The van der Waals surface area contributed by atoms with E-state index in [1.165, 1.54) is 0 Å². The molecule has 1 atom stereocenters. The smallest absolute Gasteiger partial charge is 0.410 e. The van der Waals surface area contributed by atoms with Gasteiger partial charge in [-0.2, -0.15) is 0 Å². The van der Waals surface area contributed by atoms with E-state index < -0.39 is 5.60 Å². The summed E-state index contributed by atoms with van der Waals surface area (Å²) in [5.41, 5.74) is 1.24. The van der Waals surface area contributed by atoms with Gasteiger partial charge in [0.05, 0.1) is 0 Å². The van der Waals surface area contributed by atoms with E-state index in [1.807, 2.05) is 79.0 Å². The molecule has 3 rings (SSSR count). The predicted molar refractivity (Wildman–Crippen MR) is 118 cm³/mol. The van der Waals surface area contributed by atoms with Gasteiger partial charge >= 0.3 is 12.1 Å². The Bertz CT molecular complexity index is 858. The molecule has 0 radical (unpaired) electrons. The second-order valence-electron chi connectivity index (χ2n) is 8.89. The van der Waals surface area contributed by atoms with Gasteiger partial charge in [-0.3, -0.25) is 0 Å². The lowest BCUT2D eigenvalue weighted by Crippen LogP contribution is -2.46. The van der Waals surface area contributed by atoms with Gasteiger partial charge in [0, 0.05) is 50.5 Å². The fraction of sp³-hybridized carbons (Fsp3) is 0.478. The van der Waals surface area contributed by atoms with Crippen molar-refractivity contribution in [1.82, 2.24) is 14.4 Å². The van der Waals surface area contributed by atoms with Crippen LogP contribution < -0.4 is 5.32 Å². The summed E-state index contributed by atoms with van der Waals surface area (Å²) in [6.07, 6.45) is 5.52. The number of carbonyl (C=O) groups is 2. The first kappa shape index (κ1) is 21.7. The van der Waals surface area contributed by atoms with Gasteiger partial charge in [0.2, 0.25) is 0 Å². The van der Waals surface area contributed by atoms with E-state index in [0.717, 1.165) is 30.8 Å². The maximum atomic E-state index is 12.8. The van der Waals surface area contributed by atoms with Gasteiger partial charge in [-0.25, -0.2) is 9.59 Å². The molecule has 0 spiro atoms. The number of nitrogens with zero attached hydrogens (tertiary/aromatic N) is 3. The predicted octanol–water partition coefficient (Wildman–Crippen LogP) is 4.59. The van der Waals surface area contributed by atoms with Crippen molar-refractivity contribution < 1.29 is 14.3 Å². The summed E-state index contributed by atoms with van der Waals surface area (Å²) in [5.74, 6) is 0.230. The Morgan fingerprint density at radius 3 is 2.63 bits per heavy atom. The number of rotatable bonds is 4. The van der Waals surface area contributed by atoms with Crippen molar-refractivity contribution in [2.45, 2.75) is 39.2 Å². The molecule has 1 unspecified atom stereocenters. The molecule has 162 valence electrons. The molecular weight excluding hydrogens is 380 g/mol. The van der Waals surface area contributed by atoms with Crippen molar-refractivity contribution in [3.05, 3.63) is 48.8 Å². The zero-order chi connectivity index (χ0) is 21.7. The quantitative estimate of drug-likeness (QED) is 0.799. The van der Waals surface area contributed by atoms with Gasteiger partial charge in [0.15, 0.2) is 0 Å². The average Bonchev–Trinajstić information content (AvgIpc) is 3.22. The van der Waals surface area contributed by atoms with Crippen LogP contribution >= 0.6 is 0 Å².